The summed E-state index contributed by atoms with van der Waals surface area (Å²) in [5.74, 6) is 6.62. The van der Waals surface area contributed by atoms with Gasteiger partial charge in [0.25, 0.3) is 0 Å². The molecule has 29 heavy (non-hydrogen) atoms. The van der Waals surface area contributed by atoms with Crippen molar-refractivity contribution in [2.45, 2.75) is 25.8 Å². The molecule has 0 fully saturated rings. The molecule has 6 nitrogen and oxygen atoms in total. The first-order valence-corrected chi connectivity index (χ1v) is 10.1. The van der Waals surface area contributed by atoms with Gasteiger partial charge in [-0.25, -0.2) is 5.84 Å². The molecule has 7 N–H and O–H groups in total. The molecule has 152 valence electrons. The summed E-state index contributed by atoms with van der Waals surface area (Å²) < 4.78 is 0. The third kappa shape index (κ3) is 4.09. The Hall–Kier alpha value is -2.96. The number of phenolic OH excluding ortho intramolecular Hbond substituents is 1. The molecule has 2 heterocycles. The van der Waals surface area contributed by atoms with E-state index in [4.69, 9.17) is 11.6 Å². The molecule has 0 radical (unpaired) electrons. The Morgan fingerprint density at radius 1 is 1.21 bits per heavy atom. The minimum atomic E-state index is 0.0831. The minimum absolute atomic E-state index is 0.0831. The van der Waals surface area contributed by atoms with Crippen LogP contribution in [0, 0.1) is 0 Å². The quantitative estimate of drug-likeness (QED) is 0.407. The molecule has 1 unspecified atom stereocenters. The fourth-order valence-electron chi connectivity index (χ4n) is 4.19. The molecule has 0 amide bonds. The zero-order chi connectivity index (χ0) is 20.4. The van der Waals surface area contributed by atoms with E-state index in [0.29, 0.717) is 12.2 Å². The summed E-state index contributed by atoms with van der Waals surface area (Å²) in [6, 6.07) is 13.9. The highest BCUT2D eigenvalue weighted by molar-refractivity contribution is 5.75. The Morgan fingerprint density at radius 3 is 2.69 bits per heavy atom. The molecular weight excluding hydrogens is 362 g/mol. The second-order valence-electron chi connectivity index (χ2n) is 7.74. The Balaban J connectivity index is 1.79. The van der Waals surface area contributed by atoms with Gasteiger partial charge >= 0.3 is 0 Å². The van der Waals surface area contributed by atoms with Gasteiger partial charge in [0.05, 0.1) is 11.7 Å². The van der Waals surface area contributed by atoms with Crippen LogP contribution in [0.15, 0.2) is 54.2 Å². The first-order valence-electron chi connectivity index (χ1n) is 10.1. The number of nitrogens with one attached hydrogen (secondary N) is 2. The van der Waals surface area contributed by atoms with E-state index < -0.39 is 0 Å². The van der Waals surface area contributed by atoms with E-state index in [1.807, 2.05) is 19.1 Å². The number of benzene rings is 2. The number of nitrogens with two attached hydrogens (primary N) is 2. The molecule has 4 rings (SSSR count). The Bertz CT molecular complexity index is 944. The van der Waals surface area contributed by atoms with Crippen LogP contribution in [0.4, 0.5) is 5.69 Å². The van der Waals surface area contributed by atoms with Crippen molar-refractivity contribution in [3.8, 4) is 5.75 Å². The van der Waals surface area contributed by atoms with Crippen LogP contribution in [0.5, 0.6) is 5.75 Å². The van der Waals surface area contributed by atoms with Crippen molar-refractivity contribution in [2.75, 3.05) is 25.0 Å². The van der Waals surface area contributed by atoms with Crippen LogP contribution < -0.4 is 22.2 Å². The molecule has 6 heteroatoms. The summed E-state index contributed by atoms with van der Waals surface area (Å²) in [6.45, 7) is 4.50. The molecule has 0 spiro atoms. The van der Waals surface area contributed by atoms with Crippen molar-refractivity contribution >= 4 is 17.0 Å². The first-order chi connectivity index (χ1) is 14.0. The van der Waals surface area contributed by atoms with Crippen molar-refractivity contribution in [3.05, 3.63) is 70.9 Å². The molecule has 0 saturated carbocycles. The second kappa shape index (κ2) is 8.19. The van der Waals surface area contributed by atoms with Gasteiger partial charge in [-0.15, -0.1) is 0 Å². The third-order valence-corrected chi connectivity index (χ3v) is 5.64. The third-order valence-electron chi connectivity index (χ3n) is 5.64. The zero-order valence-corrected chi connectivity index (χ0v) is 16.8. The van der Waals surface area contributed by atoms with Gasteiger partial charge in [-0.1, -0.05) is 18.2 Å². The lowest BCUT2D eigenvalue weighted by atomic mass is 9.91. The molecule has 2 aromatic carbocycles. The maximum Gasteiger partial charge on any atom is 0.115 e. The highest BCUT2D eigenvalue weighted by Crippen LogP contribution is 2.37. The van der Waals surface area contributed by atoms with E-state index in [1.54, 1.807) is 17.1 Å². The Kier molecular flexibility index (Phi) is 5.47. The number of phenols is 1. The van der Waals surface area contributed by atoms with Gasteiger partial charge in [-0.05, 0) is 73.3 Å². The van der Waals surface area contributed by atoms with Crippen molar-refractivity contribution in [1.29, 1.82) is 0 Å². The van der Waals surface area contributed by atoms with Crippen molar-refractivity contribution in [1.82, 2.24) is 10.3 Å². The van der Waals surface area contributed by atoms with Crippen LogP contribution in [0.2, 0.25) is 0 Å². The summed E-state index contributed by atoms with van der Waals surface area (Å²) in [5.41, 5.74) is 13.7. The van der Waals surface area contributed by atoms with E-state index in [-0.39, 0.29) is 11.8 Å². The average molecular weight is 392 g/mol. The van der Waals surface area contributed by atoms with Crippen molar-refractivity contribution in [2.24, 2.45) is 11.6 Å². The highest BCUT2D eigenvalue weighted by atomic mass is 16.3. The summed E-state index contributed by atoms with van der Waals surface area (Å²) in [7, 11) is 0. The van der Waals surface area contributed by atoms with Gasteiger partial charge in [0.15, 0.2) is 0 Å². The van der Waals surface area contributed by atoms with E-state index >= 15 is 0 Å². The number of rotatable bonds is 3. The number of aromatic hydroxyl groups is 1. The molecule has 2 aromatic rings. The Labute approximate surface area is 171 Å². The molecule has 2 aliphatic rings. The van der Waals surface area contributed by atoms with Crippen molar-refractivity contribution in [3.63, 3.8) is 0 Å². The van der Waals surface area contributed by atoms with Crippen molar-refractivity contribution < 1.29 is 5.11 Å². The zero-order valence-electron chi connectivity index (χ0n) is 16.8. The van der Waals surface area contributed by atoms with Crippen LogP contribution in [0.25, 0.3) is 11.3 Å². The fourth-order valence-corrected chi connectivity index (χ4v) is 4.19. The molecule has 0 saturated heterocycles. The Morgan fingerprint density at radius 2 is 2.00 bits per heavy atom. The van der Waals surface area contributed by atoms with Crippen LogP contribution in [0.3, 0.4) is 0 Å². The van der Waals surface area contributed by atoms with Gasteiger partial charge in [-0.2, -0.15) is 0 Å². The molecule has 2 aliphatic heterocycles. The van der Waals surface area contributed by atoms with E-state index in [0.717, 1.165) is 42.9 Å². The summed E-state index contributed by atoms with van der Waals surface area (Å²) in [4.78, 5) is 0. The number of nitrogens with zero attached hydrogens (tertiary/aromatic N) is 1. The summed E-state index contributed by atoms with van der Waals surface area (Å²) in [5, 5.41) is 18.4. The largest absolute Gasteiger partial charge is 0.508 e. The minimum Gasteiger partial charge on any atom is -0.508 e. The van der Waals surface area contributed by atoms with Crippen LogP contribution >= 0.6 is 0 Å². The lowest BCUT2D eigenvalue weighted by molar-refractivity contribution is 0.402. The summed E-state index contributed by atoms with van der Waals surface area (Å²) in [6.07, 6.45) is 4.13. The van der Waals surface area contributed by atoms with Crippen LogP contribution in [-0.2, 0) is 0 Å². The van der Waals surface area contributed by atoms with Crippen LogP contribution in [-0.4, -0.2) is 29.7 Å². The van der Waals surface area contributed by atoms with Crippen LogP contribution in [0.1, 0.15) is 42.5 Å². The van der Waals surface area contributed by atoms with Gasteiger partial charge in [0, 0.05) is 30.0 Å². The standard InChI is InChI=1S/C23H29N5O/c1-15(24)23-20-7-2-17(16-8-11-26-12-9-16)14-21(20)22(10-13-28(23)25)27-18-3-5-19(29)6-4-18/h2-8,14,22,26-27,29H,9-13,24-25H2,1H3/b23-15-. The second-order valence-corrected chi connectivity index (χ2v) is 7.74. The van der Waals surface area contributed by atoms with Gasteiger partial charge in [0.2, 0.25) is 0 Å². The number of allylic oxidation sites excluding steroid dienone is 1. The monoisotopic (exact) mass is 391 g/mol. The number of hydrogen-bond acceptors (Lipinski definition) is 6. The van der Waals surface area contributed by atoms with E-state index in [9.17, 15) is 5.11 Å². The fraction of sp³-hybridized carbons (Fsp3) is 0.304. The normalized spacial score (nSPS) is 21.1. The molecule has 0 aromatic heterocycles. The predicted molar refractivity (Wildman–Crippen MR) is 119 cm³/mol. The smallest absolute Gasteiger partial charge is 0.115 e. The topological polar surface area (TPSA) is 99.6 Å². The number of hydrazine groups is 1. The number of fused-ring (bicyclic) bond motifs is 1. The highest BCUT2D eigenvalue weighted by Gasteiger charge is 2.26. The maximum atomic E-state index is 9.59. The number of anilines is 1. The van der Waals surface area contributed by atoms with E-state index in [1.165, 1.54) is 16.7 Å². The number of hydrogen-bond donors (Lipinski definition) is 5. The lowest BCUT2D eigenvalue weighted by Gasteiger charge is -2.23. The first kappa shape index (κ1) is 19.4. The molecule has 0 bridgehead atoms. The van der Waals surface area contributed by atoms with Gasteiger partial charge < -0.3 is 26.5 Å². The molecule has 1 atom stereocenters. The SMILES string of the molecule is C/C(N)=C1\c2ccc(C3=CCNCC3)cc2C(Nc2ccc(O)cc2)CCN1N. The summed E-state index contributed by atoms with van der Waals surface area (Å²) >= 11 is 0. The average Bonchev–Trinajstić information content (AvgIpc) is 2.86. The van der Waals surface area contributed by atoms with Gasteiger partial charge in [-0.3, -0.25) is 0 Å². The molecule has 0 aliphatic carbocycles. The lowest BCUT2D eigenvalue weighted by Crippen LogP contribution is -2.31. The molecular formula is C23H29N5O. The predicted octanol–water partition coefficient (Wildman–Crippen LogP) is 3.15. The van der Waals surface area contributed by atoms with Gasteiger partial charge in [0.1, 0.15) is 5.75 Å². The maximum absolute atomic E-state index is 9.59. The van der Waals surface area contributed by atoms with E-state index in [2.05, 4.69) is 34.9 Å².